The monoisotopic (exact) mass is 434 g/mol. The maximum absolute atomic E-state index is 12.0. The molecule has 0 unspecified atom stereocenters. The summed E-state index contributed by atoms with van der Waals surface area (Å²) in [7, 11) is 1.57. The van der Waals surface area contributed by atoms with Gasteiger partial charge in [-0.05, 0) is 48.4 Å². The molecule has 32 heavy (non-hydrogen) atoms. The molecular formula is C25H26N2O5. The van der Waals surface area contributed by atoms with Gasteiger partial charge in [-0.1, -0.05) is 42.5 Å². The van der Waals surface area contributed by atoms with Crippen LogP contribution in [0.3, 0.4) is 0 Å². The molecule has 0 aliphatic rings. The van der Waals surface area contributed by atoms with E-state index in [0.717, 1.165) is 11.1 Å². The summed E-state index contributed by atoms with van der Waals surface area (Å²) in [4.78, 5) is 12.0. The second-order valence-electron chi connectivity index (χ2n) is 6.65. The smallest absolute Gasteiger partial charge is 0.277 e. The fourth-order valence-electron chi connectivity index (χ4n) is 2.82. The lowest BCUT2D eigenvalue weighted by atomic mass is 10.2. The molecule has 1 N–H and O–H groups in total. The minimum Gasteiger partial charge on any atom is -0.493 e. The van der Waals surface area contributed by atoms with Crippen LogP contribution >= 0.6 is 0 Å². The van der Waals surface area contributed by atoms with E-state index in [1.54, 1.807) is 31.4 Å². The van der Waals surface area contributed by atoms with Crippen molar-refractivity contribution in [1.29, 1.82) is 0 Å². The molecule has 166 valence electrons. The lowest BCUT2D eigenvalue weighted by molar-refractivity contribution is -0.123. The van der Waals surface area contributed by atoms with Gasteiger partial charge in [0.1, 0.15) is 6.61 Å². The van der Waals surface area contributed by atoms with Crippen molar-refractivity contribution in [1.82, 2.24) is 5.43 Å². The summed E-state index contributed by atoms with van der Waals surface area (Å²) in [5.41, 5.74) is 4.26. The van der Waals surface area contributed by atoms with Crippen LogP contribution in [-0.4, -0.2) is 32.4 Å². The van der Waals surface area contributed by atoms with Crippen LogP contribution in [0.25, 0.3) is 0 Å². The second kappa shape index (κ2) is 12.0. The first-order chi connectivity index (χ1) is 15.7. The van der Waals surface area contributed by atoms with Gasteiger partial charge in [0.2, 0.25) is 0 Å². The van der Waals surface area contributed by atoms with E-state index in [9.17, 15) is 4.79 Å². The van der Waals surface area contributed by atoms with Crippen LogP contribution in [0.5, 0.6) is 23.0 Å². The first kappa shape index (κ1) is 22.7. The van der Waals surface area contributed by atoms with Crippen molar-refractivity contribution in [3.05, 3.63) is 83.9 Å². The summed E-state index contributed by atoms with van der Waals surface area (Å²) < 4.78 is 22.3. The average molecular weight is 434 g/mol. The molecule has 0 saturated carbocycles. The molecule has 0 aliphatic heterocycles. The van der Waals surface area contributed by atoms with Crippen molar-refractivity contribution in [2.24, 2.45) is 5.10 Å². The van der Waals surface area contributed by atoms with Gasteiger partial charge >= 0.3 is 0 Å². The molecule has 0 fully saturated rings. The summed E-state index contributed by atoms with van der Waals surface area (Å²) >= 11 is 0. The van der Waals surface area contributed by atoms with E-state index in [-0.39, 0.29) is 12.5 Å². The Bertz CT molecular complexity index is 1040. The lowest BCUT2D eigenvalue weighted by Gasteiger charge is -2.11. The number of nitrogens with zero attached hydrogens (tertiary/aromatic N) is 1. The maximum atomic E-state index is 12.0. The molecule has 0 saturated heterocycles. The van der Waals surface area contributed by atoms with Crippen LogP contribution in [0.4, 0.5) is 0 Å². The Labute approximate surface area is 187 Å². The first-order valence-corrected chi connectivity index (χ1v) is 10.2. The Kier molecular flexibility index (Phi) is 8.50. The number of hydrogen-bond acceptors (Lipinski definition) is 6. The van der Waals surface area contributed by atoms with Crippen molar-refractivity contribution < 1.29 is 23.7 Å². The molecule has 0 heterocycles. The molecule has 1 amide bonds. The van der Waals surface area contributed by atoms with Crippen molar-refractivity contribution in [2.75, 3.05) is 20.3 Å². The molecule has 0 aromatic heterocycles. The van der Waals surface area contributed by atoms with Crippen LogP contribution in [0, 0.1) is 0 Å². The number of nitrogens with one attached hydrogen (secondary N) is 1. The molecule has 0 bridgehead atoms. The van der Waals surface area contributed by atoms with Gasteiger partial charge in [0.25, 0.3) is 5.91 Å². The zero-order valence-corrected chi connectivity index (χ0v) is 18.1. The summed E-state index contributed by atoms with van der Waals surface area (Å²) in [5, 5.41) is 3.98. The topological polar surface area (TPSA) is 78.4 Å². The molecule has 7 nitrogen and oxygen atoms in total. The van der Waals surface area contributed by atoms with E-state index in [2.05, 4.69) is 10.5 Å². The van der Waals surface area contributed by atoms with Gasteiger partial charge in [-0.3, -0.25) is 4.79 Å². The summed E-state index contributed by atoms with van der Waals surface area (Å²) in [6.45, 7) is 2.65. The van der Waals surface area contributed by atoms with Crippen molar-refractivity contribution in [3.63, 3.8) is 0 Å². The van der Waals surface area contributed by atoms with E-state index in [1.165, 1.54) is 6.21 Å². The minimum absolute atomic E-state index is 0.184. The third-order valence-electron chi connectivity index (χ3n) is 4.34. The van der Waals surface area contributed by atoms with Gasteiger partial charge in [-0.2, -0.15) is 5.10 Å². The van der Waals surface area contributed by atoms with Crippen molar-refractivity contribution >= 4 is 12.1 Å². The Balaban J connectivity index is 1.51. The predicted octanol–water partition coefficient (Wildman–Crippen LogP) is 4.20. The number of rotatable bonds is 11. The number of para-hydroxylation sites is 2. The zero-order chi connectivity index (χ0) is 22.6. The van der Waals surface area contributed by atoms with Crippen LogP contribution < -0.4 is 24.4 Å². The molecule has 0 spiro atoms. The summed E-state index contributed by atoms with van der Waals surface area (Å²) in [6, 6.07) is 22.5. The first-order valence-electron chi connectivity index (χ1n) is 10.2. The lowest BCUT2D eigenvalue weighted by Crippen LogP contribution is -2.24. The van der Waals surface area contributed by atoms with E-state index < -0.39 is 0 Å². The number of methoxy groups -OCH3 is 1. The molecule has 0 radical (unpaired) electrons. The molecule has 0 atom stereocenters. The predicted molar refractivity (Wildman–Crippen MR) is 123 cm³/mol. The third-order valence-corrected chi connectivity index (χ3v) is 4.34. The average Bonchev–Trinajstić information content (AvgIpc) is 2.83. The maximum Gasteiger partial charge on any atom is 0.277 e. The number of carbonyl (C=O) groups excluding carboxylic acids is 1. The van der Waals surface area contributed by atoms with E-state index in [0.29, 0.717) is 36.2 Å². The molecule has 3 aromatic rings. The number of hydrogen-bond donors (Lipinski definition) is 1. The Morgan fingerprint density at radius 3 is 2.28 bits per heavy atom. The van der Waals surface area contributed by atoms with E-state index in [4.69, 9.17) is 18.9 Å². The molecular weight excluding hydrogens is 408 g/mol. The number of hydrazone groups is 1. The number of amides is 1. The van der Waals surface area contributed by atoms with Crippen molar-refractivity contribution in [3.8, 4) is 23.0 Å². The minimum atomic E-state index is -0.387. The van der Waals surface area contributed by atoms with Crippen molar-refractivity contribution in [2.45, 2.75) is 13.5 Å². The largest absolute Gasteiger partial charge is 0.493 e. The fourth-order valence-corrected chi connectivity index (χ4v) is 2.82. The number of carbonyl (C=O) groups is 1. The second-order valence-corrected chi connectivity index (χ2v) is 6.65. The highest BCUT2D eigenvalue weighted by Gasteiger charge is 2.08. The van der Waals surface area contributed by atoms with Gasteiger partial charge in [-0.15, -0.1) is 0 Å². The highest BCUT2D eigenvalue weighted by Crippen LogP contribution is 2.28. The standard InChI is InChI=1S/C25H26N2O5/c1-3-30-21-11-7-8-12-22(21)32-18-25(28)27-26-16-20-13-14-23(24(15-20)29-2)31-17-19-9-5-4-6-10-19/h4-16H,3,17-18H2,1-2H3,(H,27,28). The fraction of sp³-hybridized carbons (Fsp3) is 0.200. The molecule has 3 rings (SSSR count). The van der Waals surface area contributed by atoms with E-state index >= 15 is 0 Å². The molecule has 0 aliphatic carbocycles. The summed E-state index contributed by atoms with van der Waals surface area (Å²) in [6.07, 6.45) is 1.52. The highest BCUT2D eigenvalue weighted by molar-refractivity contribution is 5.83. The van der Waals surface area contributed by atoms with Gasteiger partial charge in [0, 0.05) is 0 Å². The Morgan fingerprint density at radius 2 is 1.56 bits per heavy atom. The molecule has 7 heteroatoms. The van der Waals surface area contributed by atoms with Crippen LogP contribution in [0.2, 0.25) is 0 Å². The van der Waals surface area contributed by atoms with Gasteiger partial charge < -0.3 is 18.9 Å². The summed E-state index contributed by atoms with van der Waals surface area (Å²) in [5.74, 6) is 1.91. The normalized spacial score (nSPS) is 10.6. The SMILES string of the molecule is CCOc1ccccc1OCC(=O)NN=Cc1ccc(OCc2ccccc2)c(OC)c1. The van der Waals surface area contributed by atoms with Gasteiger partial charge in [-0.25, -0.2) is 5.43 Å². The Morgan fingerprint density at radius 1 is 0.875 bits per heavy atom. The quantitative estimate of drug-likeness (QED) is 0.361. The molecule has 3 aromatic carbocycles. The number of ether oxygens (including phenoxy) is 4. The van der Waals surface area contributed by atoms with Crippen LogP contribution in [-0.2, 0) is 11.4 Å². The number of benzene rings is 3. The Hall–Kier alpha value is -4.00. The third kappa shape index (κ3) is 6.77. The highest BCUT2D eigenvalue weighted by atomic mass is 16.5. The van der Waals surface area contributed by atoms with Crippen LogP contribution in [0.15, 0.2) is 77.9 Å². The van der Waals surface area contributed by atoms with Gasteiger partial charge in [0.15, 0.2) is 29.6 Å². The van der Waals surface area contributed by atoms with Crippen LogP contribution in [0.1, 0.15) is 18.1 Å². The van der Waals surface area contributed by atoms with Gasteiger partial charge in [0.05, 0.1) is 19.9 Å². The van der Waals surface area contributed by atoms with E-state index in [1.807, 2.05) is 55.5 Å². The zero-order valence-electron chi connectivity index (χ0n) is 18.1.